The largest absolute Gasteiger partial charge is 0.481 e. The van der Waals surface area contributed by atoms with Crippen molar-refractivity contribution in [3.8, 4) is 0 Å². The number of thiazole rings is 1. The van der Waals surface area contributed by atoms with Crippen molar-refractivity contribution in [2.45, 2.75) is 20.3 Å². The van der Waals surface area contributed by atoms with Crippen LogP contribution in [0.25, 0.3) is 10.2 Å². The number of benzene rings is 1. The third-order valence-corrected chi connectivity index (χ3v) is 6.02. The van der Waals surface area contributed by atoms with Gasteiger partial charge in [-0.1, -0.05) is 29.6 Å². The molecule has 2 aliphatic rings. The number of aryl methyl sites for hydroxylation is 2. The van der Waals surface area contributed by atoms with Gasteiger partial charge in [0.2, 0.25) is 5.91 Å². The molecule has 124 valence electrons. The highest BCUT2D eigenvalue weighted by Gasteiger charge is 2.51. The topological polar surface area (TPSA) is 79.3 Å². The van der Waals surface area contributed by atoms with Crippen LogP contribution < -0.4 is 5.32 Å². The third kappa shape index (κ3) is 2.33. The molecule has 2 aromatic rings. The minimum absolute atomic E-state index is 0.0226. The minimum Gasteiger partial charge on any atom is -0.481 e. The van der Waals surface area contributed by atoms with Gasteiger partial charge in [-0.2, -0.15) is 0 Å². The zero-order valence-electron chi connectivity index (χ0n) is 13.4. The summed E-state index contributed by atoms with van der Waals surface area (Å²) in [5, 5.41) is 12.9. The van der Waals surface area contributed by atoms with E-state index in [1.54, 1.807) is 0 Å². The Hall–Kier alpha value is -2.21. The van der Waals surface area contributed by atoms with Gasteiger partial charge < -0.3 is 10.4 Å². The Labute approximate surface area is 143 Å². The van der Waals surface area contributed by atoms with E-state index in [0.717, 1.165) is 27.8 Å². The van der Waals surface area contributed by atoms with Crippen molar-refractivity contribution in [3.05, 3.63) is 35.4 Å². The first-order chi connectivity index (χ1) is 11.4. The molecule has 1 fully saturated rings. The number of fused-ring (bicyclic) bond motifs is 3. The van der Waals surface area contributed by atoms with Crippen molar-refractivity contribution < 1.29 is 14.7 Å². The Morgan fingerprint density at radius 3 is 2.62 bits per heavy atom. The maximum Gasteiger partial charge on any atom is 0.307 e. The van der Waals surface area contributed by atoms with Crippen LogP contribution in [0.1, 0.15) is 17.5 Å². The summed E-state index contributed by atoms with van der Waals surface area (Å²) >= 11 is 1.43. The van der Waals surface area contributed by atoms with Gasteiger partial charge in [-0.15, -0.1) is 0 Å². The fourth-order valence-electron chi connectivity index (χ4n) is 4.13. The summed E-state index contributed by atoms with van der Waals surface area (Å²) in [6.07, 6.45) is 4.68. The van der Waals surface area contributed by atoms with E-state index in [1.807, 2.05) is 26.0 Å². The van der Waals surface area contributed by atoms with E-state index >= 15 is 0 Å². The number of hydrogen-bond donors (Lipinski definition) is 2. The molecular formula is C18H18N2O3S. The standard InChI is InChI=1S/C18H18N2O3S/c1-8-5-9(2)15-12(6-8)24-18(19-15)20-16(21)13-10-3-4-11(7-10)14(13)17(22)23/h3-6,10-11,13-14H,7H2,1-2H3,(H,22,23)(H,19,20,21)/t10?,11?,13-,14+/m1/s1. The Kier molecular flexibility index (Phi) is 3.46. The van der Waals surface area contributed by atoms with Crippen LogP contribution in [0.3, 0.4) is 0 Å². The monoisotopic (exact) mass is 342 g/mol. The van der Waals surface area contributed by atoms with Gasteiger partial charge >= 0.3 is 5.97 Å². The third-order valence-electron chi connectivity index (χ3n) is 5.11. The molecule has 1 amide bonds. The molecule has 4 atom stereocenters. The van der Waals surface area contributed by atoms with Crippen molar-refractivity contribution in [1.29, 1.82) is 0 Å². The van der Waals surface area contributed by atoms with Crippen molar-refractivity contribution >= 4 is 38.6 Å². The summed E-state index contributed by atoms with van der Waals surface area (Å²) in [5.41, 5.74) is 3.13. The number of amides is 1. The van der Waals surface area contributed by atoms with Crippen molar-refractivity contribution in [2.75, 3.05) is 5.32 Å². The van der Waals surface area contributed by atoms with Crippen molar-refractivity contribution in [1.82, 2.24) is 4.98 Å². The van der Waals surface area contributed by atoms with Gasteiger partial charge in [-0.3, -0.25) is 9.59 Å². The molecule has 5 nitrogen and oxygen atoms in total. The summed E-state index contributed by atoms with van der Waals surface area (Å²) in [6.45, 7) is 4.03. The molecule has 24 heavy (non-hydrogen) atoms. The molecular weight excluding hydrogens is 324 g/mol. The van der Waals surface area contributed by atoms with Crippen LogP contribution in [0.15, 0.2) is 24.3 Å². The van der Waals surface area contributed by atoms with Gasteiger partial charge in [0.15, 0.2) is 5.13 Å². The first-order valence-corrected chi connectivity index (χ1v) is 8.85. The van der Waals surface area contributed by atoms with Crippen LogP contribution in [0.5, 0.6) is 0 Å². The molecule has 6 heteroatoms. The number of rotatable bonds is 3. The number of aliphatic carboxylic acids is 1. The van der Waals surface area contributed by atoms with Crippen molar-refractivity contribution in [2.24, 2.45) is 23.7 Å². The maximum absolute atomic E-state index is 12.7. The fraction of sp³-hybridized carbons (Fsp3) is 0.389. The highest BCUT2D eigenvalue weighted by Crippen LogP contribution is 2.48. The average molecular weight is 342 g/mol. The molecule has 2 unspecified atom stereocenters. The lowest BCUT2D eigenvalue weighted by molar-refractivity contribution is -0.146. The first-order valence-electron chi connectivity index (χ1n) is 8.04. The lowest BCUT2D eigenvalue weighted by atomic mass is 9.82. The Bertz CT molecular complexity index is 886. The Morgan fingerprint density at radius 1 is 1.21 bits per heavy atom. The van der Waals surface area contributed by atoms with Gasteiger partial charge in [0.05, 0.1) is 22.1 Å². The zero-order valence-corrected chi connectivity index (χ0v) is 14.3. The quantitative estimate of drug-likeness (QED) is 0.838. The molecule has 0 spiro atoms. The molecule has 0 saturated heterocycles. The molecule has 4 rings (SSSR count). The second kappa shape index (κ2) is 5.41. The number of carbonyl (C=O) groups excluding carboxylic acids is 1. The number of carboxylic acids is 1. The number of nitrogens with one attached hydrogen (secondary N) is 1. The van der Waals surface area contributed by atoms with E-state index < -0.39 is 17.8 Å². The molecule has 2 aliphatic carbocycles. The molecule has 1 saturated carbocycles. The summed E-state index contributed by atoms with van der Waals surface area (Å²) in [5.74, 6) is -2.25. The van der Waals surface area contributed by atoms with Gasteiger partial charge in [0.25, 0.3) is 0 Å². The molecule has 2 N–H and O–H groups in total. The van der Waals surface area contributed by atoms with E-state index in [1.165, 1.54) is 11.3 Å². The van der Waals surface area contributed by atoms with Crippen LogP contribution in [0, 0.1) is 37.5 Å². The molecule has 1 aromatic heterocycles. The Morgan fingerprint density at radius 2 is 1.92 bits per heavy atom. The summed E-state index contributed by atoms with van der Waals surface area (Å²) in [7, 11) is 0. The predicted octanol–water partition coefficient (Wildman–Crippen LogP) is 3.37. The van der Waals surface area contributed by atoms with Crippen LogP contribution in [-0.2, 0) is 9.59 Å². The molecule has 1 heterocycles. The molecule has 0 aliphatic heterocycles. The summed E-state index contributed by atoms with van der Waals surface area (Å²) in [6, 6.07) is 4.12. The highest BCUT2D eigenvalue weighted by molar-refractivity contribution is 7.22. The van der Waals surface area contributed by atoms with Crippen LogP contribution in [-0.4, -0.2) is 22.0 Å². The predicted molar refractivity (Wildman–Crippen MR) is 93.1 cm³/mol. The average Bonchev–Trinajstić information content (AvgIpc) is 3.19. The van der Waals surface area contributed by atoms with Crippen LogP contribution >= 0.6 is 11.3 Å². The second-order valence-corrected chi connectivity index (χ2v) is 7.81. The molecule has 0 radical (unpaired) electrons. The van der Waals surface area contributed by atoms with Gasteiger partial charge in [0, 0.05) is 0 Å². The highest BCUT2D eigenvalue weighted by atomic mass is 32.1. The zero-order chi connectivity index (χ0) is 17.0. The normalized spacial score (nSPS) is 27.8. The number of aromatic nitrogens is 1. The number of carbonyl (C=O) groups is 2. The smallest absolute Gasteiger partial charge is 0.307 e. The van der Waals surface area contributed by atoms with E-state index in [-0.39, 0.29) is 17.7 Å². The Balaban J connectivity index is 1.61. The van der Waals surface area contributed by atoms with E-state index in [9.17, 15) is 14.7 Å². The molecule has 2 bridgehead atoms. The van der Waals surface area contributed by atoms with E-state index in [2.05, 4.69) is 22.4 Å². The lowest BCUT2D eigenvalue weighted by Crippen LogP contribution is -2.36. The summed E-state index contributed by atoms with van der Waals surface area (Å²) < 4.78 is 1.03. The second-order valence-electron chi connectivity index (χ2n) is 6.77. The van der Waals surface area contributed by atoms with Crippen LogP contribution in [0.4, 0.5) is 5.13 Å². The first kappa shape index (κ1) is 15.3. The van der Waals surface area contributed by atoms with E-state index in [4.69, 9.17) is 0 Å². The lowest BCUT2D eigenvalue weighted by Gasteiger charge is -2.23. The SMILES string of the molecule is Cc1cc(C)c2nc(NC(=O)[C@@H]3C4C=CC(C4)[C@@H]3C(=O)O)sc2c1. The van der Waals surface area contributed by atoms with Gasteiger partial charge in [-0.25, -0.2) is 4.98 Å². The maximum atomic E-state index is 12.7. The molecule has 1 aromatic carbocycles. The minimum atomic E-state index is -0.886. The number of anilines is 1. The van der Waals surface area contributed by atoms with Crippen molar-refractivity contribution in [3.63, 3.8) is 0 Å². The van der Waals surface area contributed by atoms with Gasteiger partial charge in [0.1, 0.15) is 0 Å². The summed E-state index contributed by atoms with van der Waals surface area (Å²) in [4.78, 5) is 28.8. The van der Waals surface area contributed by atoms with Crippen LogP contribution in [0.2, 0.25) is 0 Å². The number of nitrogens with zero attached hydrogens (tertiary/aromatic N) is 1. The van der Waals surface area contributed by atoms with E-state index in [0.29, 0.717) is 5.13 Å². The number of carboxylic acid groups (broad SMARTS) is 1. The fourth-order valence-corrected chi connectivity index (χ4v) is 5.17. The number of allylic oxidation sites excluding steroid dienone is 2. The van der Waals surface area contributed by atoms with Gasteiger partial charge in [-0.05, 0) is 49.3 Å². The number of hydrogen-bond acceptors (Lipinski definition) is 4.